The van der Waals surface area contributed by atoms with Crippen molar-refractivity contribution in [2.75, 3.05) is 17.2 Å². The Bertz CT molecular complexity index is 964. The maximum absolute atomic E-state index is 11.7. The van der Waals surface area contributed by atoms with Crippen LogP contribution in [0.2, 0.25) is 0 Å². The number of hydrogen-bond donors (Lipinski definition) is 2. The Kier molecular flexibility index (Phi) is 6.07. The van der Waals surface area contributed by atoms with Crippen LogP contribution in [0.5, 0.6) is 0 Å². The molecule has 0 spiro atoms. The van der Waals surface area contributed by atoms with Gasteiger partial charge in [-0.3, -0.25) is 0 Å². The molecule has 29 heavy (non-hydrogen) atoms. The number of carbonyl (C=O) groups excluding carboxylic acids is 1. The van der Waals surface area contributed by atoms with Gasteiger partial charge in [-0.05, 0) is 54.3 Å². The van der Waals surface area contributed by atoms with Crippen LogP contribution in [0.15, 0.2) is 54.7 Å². The molecule has 150 valence electrons. The third kappa shape index (κ3) is 5.51. The molecule has 2 aromatic carbocycles. The lowest BCUT2D eigenvalue weighted by atomic mass is 9.87. The van der Waals surface area contributed by atoms with Crippen LogP contribution in [0.25, 0.3) is 0 Å². The van der Waals surface area contributed by atoms with E-state index in [4.69, 9.17) is 4.74 Å². The van der Waals surface area contributed by atoms with Crippen LogP contribution in [0.4, 0.5) is 23.1 Å². The van der Waals surface area contributed by atoms with Gasteiger partial charge in [0.1, 0.15) is 0 Å². The van der Waals surface area contributed by atoms with Crippen LogP contribution in [0.1, 0.15) is 43.6 Å². The maximum Gasteiger partial charge on any atom is 0.338 e. The van der Waals surface area contributed by atoms with Crippen molar-refractivity contribution in [3.63, 3.8) is 0 Å². The lowest BCUT2D eigenvalue weighted by Crippen LogP contribution is -2.10. The minimum Gasteiger partial charge on any atom is -0.462 e. The van der Waals surface area contributed by atoms with Crippen molar-refractivity contribution in [1.82, 2.24) is 15.2 Å². The summed E-state index contributed by atoms with van der Waals surface area (Å²) in [7, 11) is 0. The van der Waals surface area contributed by atoms with Crippen molar-refractivity contribution in [2.45, 2.75) is 33.1 Å². The summed E-state index contributed by atoms with van der Waals surface area (Å²) in [5.74, 6) is 0.583. The molecular formula is C22H25N5O2. The van der Waals surface area contributed by atoms with Gasteiger partial charge in [-0.25, -0.2) is 4.79 Å². The second-order valence-electron chi connectivity index (χ2n) is 7.54. The molecule has 0 fully saturated rings. The number of anilines is 4. The molecule has 0 amide bonds. The third-order valence-electron chi connectivity index (χ3n) is 4.23. The molecule has 0 aliphatic carbocycles. The van der Waals surface area contributed by atoms with Gasteiger partial charge < -0.3 is 15.4 Å². The molecule has 0 radical (unpaired) electrons. The fraction of sp³-hybridized carbons (Fsp3) is 0.273. The van der Waals surface area contributed by atoms with E-state index < -0.39 is 0 Å². The Morgan fingerprint density at radius 1 is 0.966 bits per heavy atom. The Morgan fingerprint density at radius 3 is 2.21 bits per heavy atom. The van der Waals surface area contributed by atoms with Crippen molar-refractivity contribution in [1.29, 1.82) is 0 Å². The summed E-state index contributed by atoms with van der Waals surface area (Å²) in [6, 6.07) is 15.1. The number of hydrogen-bond acceptors (Lipinski definition) is 7. The first kappa shape index (κ1) is 20.3. The third-order valence-corrected chi connectivity index (χ3v) is 4.23. The molecule has 0 atom stereocenters. The van der Waals surface area contributed by atoms with E-state index in [9.17, 15) is 4.79 Å². The maximum atomic E-state index is 11.7. The second-order valence-corrected chi connectivity index (χ2v) is 7.54. The average molecular weight is 391 g/mol. The van der Waals surface area contributed by atoms with Crippen molar-refractivity contribution in [3.05, 3.63) is 65.9 Å². The lowest BCUT2D eigenvalue weighted by Gasteiger charge is -2.19. The largest absolute Gasteiger partial charge is 0.462 e. The van der Waals surface area contributed by atoms with Crippen LogP contribution < -0.4 is 10.6 Å². The van der Waals surface area contributed by atoms with E-state index >= 15 is 0 Å². The normalized spacial score (nSPS) is 11.0. The number of ether oxygens (including phenoxy) is 1. The Labute approximate surface area is 170 Å². The van der Waals surface area contributed by atoms with Crippen molar-refractivity contribution >= 4 is 29.1 Å². The fourth-order valence-electron chi connectivity index (χ4n) is 2.65. The van der Waals surface area contributed by atoms with Crippen LogP contribution in [0, 0.1) is 0 Å². The predicted molar refractivity (Wildman–Crippen MR) is 114 cm³/mol. The molecule has 0 aliphatic heterocycles. The lowest BCUT2D eigenvalue weighted by molar-refractivity contribution is 0.0526. The molecule has 3 aromatic rings. The van der Waals surface area contributed by atoms with Gasteiger partial charge >= 0.3 is 5.97 Å². The first-order chi connectivity index (χ1) is 13.8. The summed E-state index contributed by atoms with van der Waals surface area (Å²) in [5.41, 5.74) is 3.52. The average Bonchev–Trinajstić information content (AvgIpc) is 2.69. The van der Waals surface area contributed by atoms with E-state index in [1.54, 1.807) is 37.4 Å². The molecular weight excluding hydrogens is 366 g/mol. The molecule has 7 heteroatoms. The topological polar surface area (TPSA) is 89.0 Å². The minimum absolute atomic E-state index is 0.106. The number of rotatable bonds is 6. The first-order valence-electron chi connectivity index (χ1n) is 9.46. The number of benzene rings is 2. The standard InChI is InChI=1S/C22H25N5O2/c1-5-29-20(28)15-6-10-18(11-7-15)25-21-26-19(14-23-27-21)24-17-12-8-16(9-13-17)22(2,3)4/h6-14H,5H2,1-4H3,(H2,24,25,26,27). The molecule has 0 saturated heterocycles. The second kappa shape index (κ2) is 8.68. The first-order valence-corrected chi connectivity index (χ1v) is 9.46. The Morgan fingerprint density at radius 2 is 1.59 bits per heavy atom. The molecule has 0 unspecified atom stereocenters. The summed E-state index contributed by atoms with van der Waals surface area (Å²) >= 11 is 0. The molecule has 1 aromatic heterocycles. The van der Waals surface area contributed by atoms with Crippen LogP contribution in [-0.2, 0) is 10.2 Å². The van der Waals surface area contributed by atoms with Gasteiger partial charge in [-0.2, -0.15) is 10.1 Å². The van der Waals surface area contributed by atoms with E-state index in [0.29, 0.717) is 23.9 Å². The Balaban J connectivity index is 1.67. The molecule has 0 bridgehead atoms. The molecule has 1 heterocycles. The zero-order chi connectivity index (χ0) is 20.9. The summed E-state index contributed by atoms with van der Waals surface area (Å²) < 4.78 is 4.98. The highest BCUT2D eigenvalue weighted by Crippen LogP contribution is 2.24. The van der Waals surface area contributed by atoms with Crippen LogP contribution in [0.3, 0.4) is 0 Å². The van der Waals surface area contributed by atoms with E-state index in [0.717, 1.165) is 11.4 Å². The summed E-state index contributed by atoms with van der Waals surface area (Å²) in [5, 5.41) is 14.3. The van der Waals surface area contributed by atoms with E-state index in [1.807, 2.05) is 12.1 Å². The molecule has 3 rings (SSSR count). The van der Waals surface area contributed by atoms with Gasteiger partial charge in [-0.15, -0.1) is 5.10 Å². The van der Waals surface area contributed by atoms with Gasteiger partial charge in [0.2, 0.25) is 5.95 Å². The van der Waals surface area contributed by atoms with Crippen LogP contribution in [-0.4, -0.2) is 27.8 Å². The van der Waals surface area contributed by atoms with Gasteiger partial charge in [0.25, 0.3) is 0 Å². The molecule has 0 aliphatic rings. The van der Waals surface area contributed by atoms with Gasteiger partial charge in [0, 0.05) is 11.4 Å². The smallest absolute Gasteiger partial charge is 0.338 e. The zero-order valence-corrected chi connectivity index (χ0v) is 17.1. The monoisotopic (exact) mass is 391 g/mol. The Hall–Kier alpha value is -3.48. The van der Waals surface area contributed by atoms with Crippen molar-refractivity contribution in [2.24, 2.45) is 0 Å². The quantitative estimate of drug-likeness (QED) is 0.582. The zero-order valence-electron chi connectivity index (χ0n) is 17.1. The van der Waals surface area contributed by atoms with E-state index in [1.165, 1.54) is 5.56 Å². The minimum atomic E-state index is -0.347. The molecule has 7 nitrogen and oxygen atoms in total. The van der Waals surface area contributed by atoms with Gasteiger partial charge in [0.05, 0.1) is 18.4 Å². The van der Waals surface area contributed by atoms with E-state index in [2.05, 4.69) is 58.7 Å². The predicted octanol–water partition coefficient (Wildman–Crippen LogP) is 4.83. The molecule has 0 saturated carbocycles. The molecule has 2 N–H and O–H groups in total. The number of esters is 1. The van der Waals surface area contributed by atoms with Crippen LogP contribution >= 0.6 is 0 Å². The summed E-state index contributed by atoms with van der Waals surface area (Å²) in [6.45, 7) is 8.66. The van der Waals surface area contributed by atoms with E-state index in [-0.39, 0.29) is 11.4 Å². The van der Waals surface area contributed by atoms with Crippen molar-refractivity contribution < 1.29 is 9.53 Å². The van der Waals surface area contributed by atoms with Crippen molar-refractivity contribution in [3.8, 4) is 0 Å². The summed E-state index contributed by atoms with van der Waals surface area (Å²) in [6.07, 6.45) is 1.56. The highest BCUT2D eigenvalue weighted by Gasteiger charge is 2.13. The fourth-order valence-corrected chi connectivity index (χ4v) is 2.65. The SMILES string of the molecule is CCOC(=O)c1ccc(Nc2nncc(Nc3ccc(C(C)(C)C)cc3)n2)cc1. The number of nitrogens with zero attached hydrogens (tertiary/aromatic N) is 3. The van der Waals surface area contributed by atoms with Gasteiger partial charge in [-0.1, -0.05) is 32.9 Å². The number of aromatic nitrogens is 3. The number of carbonyl (C=O) groups is 1. The summed E-state index contributed by atoms with van der Waals surface area (Å²) in [4.78, 5) is 16.2. The van der Waals surface area contributed by atoms with Gasteiger partial charge in [0.15, 0.2) is 5.82 Å². The highest BCUT2D eigenvalue weighted by atomic mass is 16.5. The number of nitrogens with one attached hydrogen (secondary N) is 2. The highest BCUT2D eigenvalue weighted by molar-refractivity contribution is 5.89.